The van der Waals surface area contributed by atoms with Crippen molar-refractivity contribution >= 4 is 21.7 Å². The number of rotatable bonds is 6. The van der Waals surface area contributed by atoms with Crippen molar-refractivity contribution in [1.29, 1.82) is 0 Å². The van der Waals surface area contributed by atoms with Crippen LogP contribution in [0.2, 0.25) is 0 Å². The van der Waals surface area contributed by atoms with Crippen LogP contribution < -0.4 is 5.32 Å². The van der Waals surface area contributed by atoms with Crippen LogP contribution in [0.3, 0.4) is 0 Å². The van der Waals surface area contributed by atoms with Crippen molar-refractivity contribution in [3.63, 3.8) is 0 Å². The summed E-state index contributed by atoms with van der Waals surface area (Å²) in [6, 6.07) is 12.0. The van der Waals surface area contributed by atoms with E-state index in [1.54, 1.807) is 30.3 Å². The Kier molecular flexibility index (Phi) is 6.80. The molecule has 1 aliphatic rings. The molecular formula is C23H22BrF2N3O2. The van der Waals surface area contributed by atoms with Gasteiger partial charge in [-0.3, -0.25) is 4.90 Å². The molecule has 0 atom stereocenters. The van der Waals surface area contributed by atoms with Gasteiger partial charge in [-0.25, -0.2) is 13.8 Å². The lowest BCUT2D eigenvalue weighted by Crippen LogP contribution is -2.39. The molecule has 5 nitrogen and oxygen atoms in total. The summed E-state index contributed by atoms with van der Waals surface area (Å²) in [5.41, 5.74) is 1.09. The van der Waals surface area contributed by atoms with E-state index in [1.807, 2.05) is 0 Å². The third-order valence-electron chi connectivity index (χ3n) is 5.15. The number of halogens is 3. The van der Waals surface area contributed by atoms with Gasteiger partial charge in [0.15, 0.2) is 0 Å². The quantitative estimate of drug-likeness (QED) is 0.515. The first kappa shape index (κ1) is 21.7. The molecule has 1 aromatic heterocycles. The minimum atomic E-state index is -0.658. The van der Waals surface area contributed by atoms with Crippen molar-refractivity contribution in [1.82, 2.24) is 9.88 Å². The van der Waals surface area contributed by atoms with Crippen molar-refractivity contribution < 1.29 is 18.6 Å². The second kappa shape index (κ2) is 9.72. The van der Waals surface area contributed by atoms with E-state index in [4.69, 9.17) is 4.74 Å². The van der Waals surface area contributed by atoms with Gasteiger partial charge in [-0.15, -0.1) is 0 Å². The molecule has 0 saturated carbocycles. The number of aromatic nitrogens is 1. The van der Waals surface area contributed by atoms with Gasteiger partial charge in [0, 0.05) is 36.2 Å². The van der Waals surface area contributed by atoms with Gasteiger partial charge < -0.3 is 15.2 Å². The number of anilines is 1. The van der Waals surface area contributed by atoms with Crippen LogP contribution in [-0.2, 0) is 4.74 Å². The zero-order chi connectivity index (χ0) is 21.8. The van der Waals surface area contributed by atoms with E-state index in [0.29, 0.717) is 42.4 Å². The van der Waals surface area contributed by atoms with Gasteiger partial charge in [0.1, 0.15) is 23.2 Å². The van der Waals surface area contributed by atoms with E-state index in [0.717, 1.165) is 24.1 Å². The summed E-state index contributed by atoms with van der Waals surface area (Å²) in [5.74, 6) is -0.811. The summed E-state index contributed by atoms with van der Waals surface area (Å²) in [7, 11) is 0. The van der Waals surface area contributed by atoms with Gasteiger partial charge in [0.25, 0.3) is 0 Å². The maximum Gasteiger partial charge on any atom is 0.133 e. The van der Waals surface area contributed by atoms with Gasteiger partial charge in [0.2, 0.25) is 0 Å². The minimum Gasteiger partial charge on any atom is -0.507 e. The average Bonchev–Trinajstić information content (AvgIpc) is 2.76. The number of pyridine rings is 1. The Morgan fingerprint density at radius 3 is 2.55 bits per heavy atom. The Hall–Kier alpha value is -2.55. The van der Waals surface area contributed by atoms with Crippen LogP contribution in [0.1, 0.15) is 0 Å². The molecule has 162 valence electrons. The molecule has 4 rings (SSSR count). The largest absolute Gasteiger partial charge is 0.507 e. The van der Waals surface area contributed by atoms with Crippen molar-refractivity contribution in [2.24, 2.45) is 0 Å². The Bertz CT molecular complexity index is 1050. The Balaban J connectivity index is 1.69. The van der Waals surface area contributed by atoms with Crippen LogP contribution in [0.25, 0.3) is 22.4 Å². The fourth-order valence-electron chi connectivity index (χ4n) is 3.56. The topological polar surface area (TPSA) is 57.6 Å². The molecule has 1 aliphatic heterocycles. The lowest BCUT2D eigenvalue weighted by atomic mass is 10.0. The number of phenols is 1. The average molecular weight is 490 g/mol. The molecule has 0 bridgehead atoms. The smallest absolute Gasteiger partial charge is 0.133 e. The van der Waals surface area contributed by atoms with Crippen LogP contribution in [0, 0.1) is 11.6 Å². The predicted octanol–water partition coefficient (Wildman–Crippen LogP) is 4.91. The van der Waals surface area contributed by atoms with Crippen LogP contribution in [0.4, 0.5) is 14.6 Å². The monoisotopic (exact) mass is 489 g/mol. The van der Waals surface area contributed by atoms with E-state index in [9.17, 15) is 13.9 Å². The number of ether oxygens (including phenoxy) is 1. The summed E-state index contributed by atoms with van der Waals surface area (Å²) < 4.78 is 35.1. The number of nitrogens with zero attached hydrogens (tertiary/aromatic N) is 2. The van der Waals surface area contributed by atoms with Crippen LogP contribution >= 0.6 is 15.9 Å². The number of hydrogen-bond donors (Lipinski definition) is 2. The summed E-state index contributed by atoms with van der Waals surface area (Å²) in [5, 5.41) is 13.6. The highest BCUT2D eigenvalue weighted by molar-refractivity contribution is 9.10. The molecule has 2 N–H and O–H groups in total. The SMILES string of the molecule is Oc1ccc(Br)cc1-c1cc(-c2c(F)cccc2F)cc(NCCN2CCOCC2)n1. The molecule has 1 saturated heterocycles. The summed E-state index contributed by atoms with van der Waals surface area (Å²) in [4.78, 5) is 6.87. The van der Waals surface area contributed by atoms with Crippen molar-refractivity contribution in [3.8, 4) is 28.1 Å². The van der Waals surface area contributed by atoms with Crippen LogP contribution in [0.15, 0.2) is 53.0 Å². The van der Waals surface area contributed by atoms with Gasteiger partial charge in [-0.2, -0.15) is 0 Å². The maximum absolute atomic E-state index is 14.5. The second-order valence-electron chi connectivity index (χ2n) is 7.27. The first-order valence-electron chi connectivity index (χ1n) is 10.0. The van der Waals surface area contributed by atoms with Gasteiger partial charge in [-0.05, 0) is 48.0 Å². The van der Waals surface area contributed by atoms with E-state index in [-0.39, 0.29) is 11.3 Å². The Morgan fingerprint density at radius 1 is 1.06 bits per heavy atom. The fourth-order valence-corrected chi connectivity index (χ4v) is 3.92. The number of aromatic hydroxyl groups is 1. The van der Waals surface area contributed by atoms with Gasteiger partial charge in [0.05, 0.1) is 24.5 Å². The molecule has 31 heavy (non-hydrogen) atoms. The van der Waals surface area contributed by atoms with Crippen molar-refractivity contribution in [2.45, 2.75) is 0 Å². The number of nitrogens with one attached hydrogen (secondary N) is 1. The van der Waals surface area contributed by atoms with Gasteiger partial charge in [-0.1, -0.05) is 22.0 Å². The number of benzene rings is 2. The Morgan fingerprint density at radius 2 is 1.81 bits per heavy atom. The van der Waals surface area contributed by atoms with E-state index < -0.39 is 11.6 Å². The van der Waals surface area contributed by atoms with E-state index >= 15 is 0 Å². The highest BCUT2D eigenvalue weighted by Gasteiger charge is 2.16. The molecule has 0 aliphatic carbocycles. The molecule has 8 heteroatoms. The maximum atomic E-state index is 14.5. The van der Waals surface area contributed by atoms with Crippen LogP contribution in [0.5, 0.6) is 5.75 Å². The first-order chi connectivity index (χ1) is 15.0. The van der Waals surface area contributed by atoms with Crippen molar-refractivity contribution in [2.75, 3.05) is 44.7 Å². The highest BCUT2D eigenvalue weighted by atomic mass is 79.9. The van der Waals surface area contributed by atoms with Crippen LogP contribution in [-0.4, -0.2) is 54.4 Å². The summed E-state index contributed by atoms with van der Waals surface area (Å²) in [6.07, 6.45) is 0. The van der Waals surface area contributed by atoms with Gasteiger partial charge >= 0.3 is 0 Å². The molecule has 0 unspecified atom stereocenters. The third kappa shape index (κ3) is 5.20. The van der Waals surface area contributed by atoms with Crippen molar-refractivity contribution in [3.05, 3.63) is 64.6 Å². The first-order valence-corrected chi connectivity index (χ1v) is 10.8. The molecule has 2 aromatic carbocycles. The lowest BCUT2D eigenvalue weighted by molar-refractivity contribution is 0.0398. The number of phenolic OH excluding ortho intramolecular Hbond substituents is 1. The molecular weight excluding hydrogens is 468 g/mol. The molecule has 3 aromatic rings. The van der Waals surface area contributed by atoms with E-state index in [2.05, 4.69) is 31.1 Å². The molecule has 0 amide bonds. The third-order valence-corrected chi connectivity index (χ3v) is 5.64. The number of morpholine rings is 1. The molecule has 0 radical (unpaired) electrons. The fraction of sp³-hybridized carbons (Fsp3) is 0.261. The Labute approximate surface area is 187 Å². The van der Waals surface area contributed by atoms with E-state index in [1.165, 1.54) is 18.2 Å². The zero-order valence-electron chi connectivity index (χ0n) is 16.7. The normalized spacial score (nSPS) is 14.5. The second-order valence-corrected chi connectivity index (χ2v) is 8.18. The molecule has 0 spiro atoms. The summed E-state index contributed by atoms with van der Waals surface area (Å²) >= 11 is 3.39. The minimum absolute atomic E-state index is 0.0288. The summed E-state index contributed by atoms with van der Waals surface area (Å²) in [6.45, 7) is 4.57. The zero-order valence-corrected chi connectivity index (χ0v) is 18.3. The standard InChI is InChI=1S/C23H22BrF2N3O2/c24-16-4-5-21(30)17(14-16)20-12-15(23-18(25)2-1-3-19(23)26)13-22(28-20)27-6-7-29-8-10-31-11-9-29/h1-5,12-14,30H,6-11H2,(H,27,28). The molecule has 2 heterocycles. The lowest BCUT2D eigenvalue weighted by Gasteiger charge is -2.26. The highest BCUT2D eigenvalue weighted by Crippen LogP contribution is 2.35. The molecule has 1 fully saturated rings. The number of hydrogen-bond acceptors (Lipinski definition) is 5. The predicted molar refractivity (Wildman–Crippen MR) is 120 cm³/mol.